The van der Waals surface area contributed by atoms with E-state index in [0.717, 1.165) is 32.1 Å². The predicted octanol–water partition coefficient (Wildman–Crippen LogP) is 2.85. The summed E-state index contributed by atoms with van der Waals surface area (Å²) in [6.07, 6.45) is 1.59. The van der Waals surface area contributed by atoms with Crippen LogP contribution in [-0.4, -0.2) is 91.9 Å². The van der Waals surface area contributed by atoms with E-state index in [4.69, 9.17) is 4.74 Å². The number of hydrogen-bond acceptors (Lipinski definition) is 8. The van der Waals surface area contributed by atoms with Gasteiger partial charge in [0.1, 0.15) is 11.6 Å². The molecular weight excluding hydrogens is 491 g/mol. The number of aromatic nitrogens is 2. The van der Waals surface area contributed by atoms with Crippen LogP contribution in [0.5, 0.6) is 0 Å². The summed E-state index contributed by atoms with van der Waals surface area (Å²) in [6, 6.07) is 1.61. The lowest BCUT2D eigenvalue weighted by Crippen LogP contribution is -2.53. The highest BCUT2D eigenvalue weighted by Gasteiger charge is 2.40. The van der Waals surface area contributed by atoms with E-state index in [9.17, 15) is 21.6 Å². The van der Waals surface area contributed by atoms with Crippen LogP contribution in [0.3, 0.4) is 0 Å². The molecule has 1 aromatic heterocycles. The molecular formula is C21H32F3N5O3S2. The van der Waals surface area contributed by atoms with E-state index in [0.29, 0.717) is 45.1 Å². The molecule has 13 heteroatoms. The molecule has 2 saturated heterocycles. The van der Waals surface area contributed by atoms with Gasteiger partial charge in [-0.15, -0.1) is 0 Å². The molecule has 0 amide bonds. The molecule has 2 aliphatic heterocycles. The Morgan fingerprint density at radius 1 is 1.24 bits per heavy atom. The van der Waals surface area contributed by atoms with Crippen LogP contribution in [-0.2, 0) is 20.9 Å². The zero-order valence-electron chi connectivity index (χ0n) is 19.6. The van der Waals surface area contributed by atoms with Gasteiger partial charge in [-0.25, -0.2) is 22.7 Å². The van der Waals surface area contributed by atoms with E-state index < -0.39 is 22.0 Å². The smallest absolute Gasteiger partial charge is 0.371 e. The first-order chi connectivity index (χ1) is 16.0. The van der Waals surface area contributed by atoms with E-state index in [-0.39, 0.29) is 22.5 Å². The Hall–Kier alpha value is -1.31. The minimum absolute atomic E-state index is 0.0740. The number of morpholine rings is 1. The Bertz CT molecular complexity index is 967. The van der Waals surface area contributed by atoms with Crippen molar-refractivity contribution < 1.29 is 26.3 Å². The van der Waals surface area contributed by atoms with E-state index in [1.54, 1.807) is 29.8 Å². The maximum Gasteiger partial charge on any atom is 0.451 e. The molecule has 0 N–H and O–H groups in total. The summed E-state index contributed by atoms with van der Waals surface area (Å²) in [6.45, 7) is 2.59. The summed E-state index contributed by atoms with van der Waals surface area (Å²) < 4.78 is 72.5. The second-order valence-corrected chi connectivity index (χ2v) is 12.8. The minimum atomic E-state index is -4.67. The van der Waals surface area contributed by atoms with Crippen molar-refractivity contribution in [3.63, 3.8) is 0 Å². The van der Waals surface area contributed by atoms with Crippen LogP contribution in [0.4, 0.5) is 24.8 Å². The van der Waals surface area contributed by atoms with Crippen molar-refractivity contribution in [2.24, 2.45) is 0 Å². The normalized spacial score (nSPS) is 24.4. The number of halogens is 3. The third-order valence-corrected chi connectivity index (χ3v) is 9.19. The van der Waals surface area contributed by atoms with Gasteiger partial charge in [-0.3, -0.25) is 0 Å². The van der Waals surface area contributed by atoms with E-state index in [1.165, 1.54) is 10.6 Å². The fraction of sp³-hybridized carbons (Fsp3) is 0.810. The van der Waals surface area contributed by atoms with Crippen molar-refractivity contribution in [2.45, 2.75) is 49.1 Å². The number of rotatable bonds is 5. The lowest BCUT2D eigenvalue weighted by Gasteiger charge is -2.45. The highest BCUT2D eigenvalue weighted by molar-refractivity contribution is 8.00. The molecule has 1 unspecified atom stereocenters. The van der Waals surface area contributed by atoms with E-state index >= 15 is 0 Å². The molecule has 1 aliphatic carbocycles. The van der Waals surface area contributed by atoms with E-state index in [1.807, 2.05) is 4.90 Å². The monoisotopic (exact) mass is 523 g/mol. The van der Waals surface area contributed by atoms with Gasteiger partial charge in [-0.05, 0) is 12.8 Å². The van der Waals surface area contributed by atoms with Crippen molar-refractivity contribution in [2.75, 3.05) is 68.2 Å². The average molecular weight is 524 g/mol. The number of sulfonamides is 1. The molecule has 3 heterocycles. The first kappa shape index (κ1) is 25.8. The first-order valence-electron chi connectivity index (χ1n) is 11.6. The highest BCUT2D eigenvalue weighted by Crippen LogP contribution is 2.37. The minimum Gasteiger partial charge on any atom is -0.371 e. The third-order valence-electron chi connectivity index (χ3n) is 6.73. The molecule has 3 aliphatic rings. The molecule has 0 bridgehead atoms. The number of thioether (sulfide) groups is 1. The number of ether oxygens (including phenoxy) is 1. The zero-order valence-corrected chi connectivity index (χ0v) is 21.2. The van der Waals surface area contributed by atoms with Gasteiger partial charge in [-0.2, -0.15) is 24.9 Å². The largest absolute Gasteiger partial charge is 0.451 e. The summed E-state index contributed by atoms with van der Waals surface area (Å²) >= 11 is 1.62. The molecule has 8 nitrogen and oxygen atoms in total. The van der Waals surface area contributed by atoms with Crippen molar-refractivity contribution in [3.8, 4) is 0 Å². The molecule has 0 aromatic carbocycles. The maximum atomic E-state index is 13.7. The molecule has 1 atom stereocenters. The summed E-state index contributed by atoms with van der Waals surface area (Å²) in [7, 11) is -1.62. The summed E-state index contributed by atoms with van der Waals surface area (Å²) in [4.78, 5) is 11.3. The Kier molecular flexibility index (Phi) is 7.56. The fourth-order valence-corrected chi connectivity index (χ4v) is 7.31. The van der Waals surface area contributed by atoms with Gasteiger partial charge in [0, 0.05) is 56.8 Å². The molecule has 4 rings (SSSR count). The van der Waals surface area contributed by atoms with Crippen molar-refractivity contribution in [3.05, 3.63) is 11.9 Å². The molecule has 1 saturated carbocycles. The van der Waals surface area contributed by atoms with E-state index in [2.05, 4.69) is 9.97 Å². The van der Waals surface area contributed by atoms with Gasteiger partial charge < -0.3 is 14.5 Å². The Balaban J connectivity index is 1.56. The standard InChI is InChI=1S/C21H32F3N5O3S2/c1-27(13-16-14-29(9-11-33-16)34(2,30)31)17-12-18(26-19(25-17)21(22,23)24)28-8-10-32-20(15-28)6-4-3-5-7-20/h12,16H,3-11,13-15H2,1-2H3. The van der Waals surface area contributed by atoms with Crippen molar-refractivity contribution in [1.82, 2.24) is 14.3 Å². The summed E-state index contributed by atoms with van der Waals surface area (Å²) in [5, 5.41) is -0.0740. The second kappa shape index (κ2) is 9.98. The van der Waals surface area contributed by atoms with Crippen LogP contribution in [0.1, 0.15) is 37.9 Å². The summed E-state index contributed by atoms with van der Waals surface area (Å²) in [5.74, 6) is -0.0836. The van der Waals surface area contributed by atoms with Gasteiger partial charge in [-0.1, -0.05) is 19.3 Å². The molecule has 192 valence electrons. The van der Waals surface area contributed by atoms with Crippen LogP contribution in [0, 0.1) is 0 Å². The van der Waals surface area contributed by atoms with Crippen LogP contribution in [0.2, 0.25) is 0 Å². The van der Waals surface area contributed by atoms with Crippen LogP contribution in [0.25, 0.3) is 0 Å². The van der Waals surface area contributed by atoms with Gasteiger partial charge >= 0.3 is 6.18 Å². The Morgan fingerprint density at radius 2 is 1.97 bits per heavy atom. The quantitative estimate of drug-likeness (QED) is 0.583. The lowest BCUT2D eigenvalue weighted by molar-refractivity contribution is -0.144. The highest BCUT2D eigenvalue weighted by atomic mass is 32.2. The first-order valence-corrected chi connectivity index (χ1v) is 14.5. The van der Waals surface area contributed by atoms with Crippen molar-refractivity contribution in [1.29, 1.82) is 0 Å². The van der Waals surface area contributed by atoms with Crippen LogP contribution < -0.4 is 9.80 Å². The molecule has 1 spiro atoms. The van der Waals surface area contributed by atoms with Gasteiger partial charge in [0.25, 0.3) is 0 Å². The van der Waals surface area contributed by atoms with Gasteiger partial charge in [0.15, 0.2) is 0 Å². The van der Waals surface area contributed by atoms with Gasteiger partial charge in [0.2, 0.25) is 15.8 Å². The lowest BCUT2D eigenvalue weighted by atomic mass is 9.83. The molecule has 1 aromatic rings. The SMILES string of the molecule is CN(CC1CN(S(C)(=O)=O)CCS1)c1cc(N2CCOC3(CCCCC3)C2)nc(C(F)(F)F)n1. The number of anilines is 2. The predicted molar refractivity (Wildman–Crippen MR) is 127 cm³/mol. The van der Waals surface area contributed by atoms with Crippen LogP contribution >= 0.6 is 11.8 Å². The van der Waals surface area contributed by atoms with Crippen LogP contribution in [0.15, 0.2) is 6.07 Å². The number of hydrogen-bond donors (Lipinski definition) is 0. The Morgan fingerprint density at radius 3 is 2.65 bits per heavy atom. The third kappa shape index (κ3) is 6.08. The maximum absolute atomic E-state index is 13.7. The summed E-state index contributed by atoms with van der Waals surface area (Å²) in [5.41, 5.74) is -0.320. The number of alkyl halides is 3. The fourth-order valence-electron chi connectivity index (χ4n) is 4.95. The second-order valence-electron chi connectivity index (χ2n) is 9.41. The van der Waals surface area contributed by atoms with Gasteiger partial charge in [0.05, 0.1) is 18.5 Å². The average Bonchev–Trinajstić information content (AvgIpc) is 2.78. The molecule has 3 fully saturated rings. The topological polar surface area (TPSA) is 78.9 Å². The molecule has 0 radical (unpaired) electrons. The number of nitrogens with zero attached hydrogens (tertiary/aromatic N) is 5. The Labute approximate surface area is 203 Å². The molecule has 34 heavy (non-hydrogen) atoms. The zero-order chi connectivity index (χ0) is 24.6. The van der Waals surface area contributed by atoms with Crippen molar-refractivity contribution >= 4 is 33.4 Å².